The van der Waals surface area contributed by atoms with Crippen molar-refractivity contribution in [2.45, 2.75) is 11.4 Å². The lowest BCUT2D eigenvalue weighted by Gasteiger charge is -2.05. The molecule has 3 N–H and O–H groups in total. The van der Waals surface area contributed by atoms with E-state index in [1.165, 1.54) is 30.3 Å². The molecule has 0 radical (unpaired) electrons. The third-order valence-electron chi connectivity index (χ3n) is 5.13. The number of benzene rings is 3. The lowest BCUT2D eigenvalue weighted by molar-refractivity contribution is -0.112. The molecule has 0 saturated heterocycles. The summed E-state index contributed by atoms with van der Waals surface area (Å²) >= 11 is 0. The van der Waals surface area contributed by atoms with E-state index in [9.17, 15) is 18.5 Å². The van der Waals surface area contributed by atoms with E-state index in [-0.39, 0.29) is 10.5 Å². The Morgan fingerprint density at radius 1 is 1.00 bits per heavy atom. The molecule has 0 saturated carbocycles. The van der Waals surface area contributed by atoms with E-state index < -0.39 is 15.9 Å². The quantitative estimate of drug-likeness (QED) is 0.305. The number of amides is 1. The SMILES string of the molecule is N#C/C(=C\c1cn(Cc2ccccc2)nc1-c1ccccc1)C(=O)Nc1ccc(S(N)(=O)=O)cc1. The Balaban J connectivity index is 1.64. The van der Waals surface area contributed by atoms with Gasteiger partial charge in [-0.3, -0.25) is 9.48 Å². The first-order valence-corrected chi connectivity index (χ1v) is 12.1. The molecular formula is C26H21N5O3S. The van der Waals surface area contributed by atoms with Crippen molar-refractivity contribution >= 4 is 27.7 Å². The molecular weight excluding hydrogens is 462 g/mol. The number of nitrogens with one attached hydrogen (secondary N) is 1. The van der Waals surface area contributed by atoms with Gasteiger partial charge in [0.1, 0.15) is 11.6 Å². The fraction of sp³-hybridized carbons (Fsp3) is 0.0385. The van der Waals surface area contributed by atoms with Crippen LogP contribution in [0.2, 0.25) is 0 Å². The van der Waals surface area contributed by atoms with Gasteiger partial charge in [-0.25, -0.2) is 13.6 Å². The van der Waals surface area contributed by atoms with Crippen LogP contribution in [0.1, 0.15) is 11.1 Å². The van der Waals surface area contributed by atoms with E-state index in [1.54, 1.807) is 10.9 Å². The van der Waals surface area contributed by atoms with Crippen molar-refractivity contribution in [2.75, 3.05) is 5.32 Å². The minimum atomic E-state index is -3.85. The number of sulfonamides is 1. The average molecular weight is 484 g/mol. The molecule has 1 amide bonds. The zero-order valence-electron chi connectivity index (χ0n) is 18.5. The highest BCUT2D eigenvalue weighted by atomic mass is 32.2. The van der Waals surface area contributed by atoms with E-state index in [0.29, 0.717) is 23.5 Å². The zero-order chi connectivity index (χ0) is 24.8. The molecule has 0 atom stereocenters. The lowest BCUT2D eigenvalue weighted by Crippen LogP contribution is -2.14. The Hall–Kier alpha value is -4.52. The fourth-order valence-corrected chi connectivity index (χ4v) is 3.96. The van der Waals surface area contributed by atoms with Crippen molar-refractivity contribution < 1.29 is 13.2 Å². The summed E-state index contributed by atoms with van der Waals surface area (Å²) in [6.45, 7) is 0.527. The fourth-order valence-electron chi connectivity index (χ4n) is 3.44. The van der Waals surface area contributed by atoms with Gasteiger partial charge in [0.15, 0.2) is 0 Å². The summed E-state index contributed by atoms with van der Waals surface area (Å²) < 4.78 is 24.6. The second-order valence-electron chi connectivity index (χ2n) is 7.68. The van der Waals surface area contributed by atoms with E-state index in [1.807, 2.05) is 66.7 Å². The van der Waals surface area contributed by atoms with Gasteiger partial charge in [-0.05, 0) is 35.9 Å². The molecule has 4 aromatic rings. The number of anilines is 1. The predicted molar refractivity (Wildman–Crippen MR) is 133 cm³/mol. The van der Waals surface area contributed by atoms with Crippen LogP contribution in [0.25, 0.3) is 17.3 Å². The minimum Gasteiger partial charge on any atom is -0.321 e. The van der Waals surface area contributed by atoms with Crippen LogP contribution in [0.4, 0.5) is 5.69 Å². The molecule has 0 bridgehead atoms. The number of rotatable bonds is 7. The van der Waals surface area contributed by atoms with Gasteiger partial charge in [-0.15, -0.1) is 0 Å². The maximum Gasteiger partial charge on any atom is 0.266 e. The zero-order valence-corrected chi connectivity index (χ0v) is 19.3. The van der Waals surface area contributed by atoms with Crippen LogP contribution >= 0.6 is 0 Å². The smallest absolute Gasteiger partial charge is 0.266 e. The molecule has 9 heteroatoms. The van der Waals surface area contributed by atoms with E-state index in [4.69, 9.17) is 10.2 Å². The van der Waals surface area contributed by atoms with Gasteiger partial charge in [0, 0.05) is 23.0 Å². The molecule has 1 aromatic heterocycles. The number of hydrogen-bond acceptors (Lipinski definition) is 5. The van der Waals surface area contributed by atoms with Gasteiger partial charge in [0.25, 0.3) is 5.91 Å². The second kappa shape index (κ2) is 10.2. The molecule has 0 fully saturated rings. The lowest BCUT2D eigenvalue weighted by atomic mass is 10.1. The maximum atomic E-state index is 12.8. The molecule has 4 rings (SSSR count). The van der Waals surface area contributed by atoms with Crippen molar-refractivity contribution in [3.63, 3.8) is 0 Å². The average Bonchev–Trinajstić information content (AvgIpc) is 3.25. The van der Waals surface area contributed by atoms with Crippen molar-refractivity contribution in [3.05, 3.63) is 108 Å². The number of aromatic nitrogens is 2. The summed E-state index contributed by atoms with van der Waals surface area (Å²) in [5.41, 5.74) is 3.36. The van der Waals surface area contributed by atoms with Gasteiger partial charge in [0.05, 0.1) is 17.1 Å². The first-order chi connectivity index (χ1) is 16.8. The molecule has 174 valence electrons. The molecule has 0 spiro atoms. The molecule has 3 aromatic carbocycles. The van der Waals surface area contributed by atoms with Gasteiger partial charge in [0.2, 0.25) is 10.0 Å². The highest BCUT2D eigenvalue weighted by molar-refractivity contribution is 7.89. The Kier molecular flexibility index (Phi) is 6.87. The number of nitriles is 1. The summed E-state index contributed by atoms with van der Waals surface area (Å²) in [4.78, 5) is 12.7. The third-order valence-corrected chi connectivity index (χ3v) is 6.06. The van der Waals surface area contributed by atoms with Crippen molar-refractivity contribution in [2.24, 2.45) is 5.14 Å². The number of hydrogen-bond donors (Lipinski definition) is 2. The third kappa shape index (κ3) is 5.89. The monoisotopic (exact) mass is 483 g/mol. The van der Waals surface area contributed by atoms with E-state index in [2.05, 4.69) is 5.32 Å². The summed E-state index contributed by atoms with van der Waals surface area (Å²) in [5, 5.41) is 22.1. The highest BCUT2D eigenvalue weighted by Crippen LogP contribution is 2.25. The van der Waals surface area contributed by atoms with Gasteiger partial charge >= 0.3 is 0 Å². The van der Waals surface area contributed by atoms with Crippen LogP contribution in [0.15, 0.2) is 102 Å². The standard InChI is InChI=1S/C26H21N5O3S/c27-16-21(26(32)29-23-11-13-24(14-12-23)35(28,33)34)15-22-18-31(17-19-7-3-1-4-8-19)30-25(22)20-9-5-2-6-10-20/h1-15,18H,17H2,(H,29,32)(H2,28,33,34)/b21-15+. The predicted octanol–water partition coefficient (Wildman–Crippen LogP) is 3.79. The summed E-state index contributed by atoms with van der Waals surface area (Å²) in [6, 6.07) is 26.6. The molecule has 0 aliphatic rings. The van der Waals surface area contributed by atoms with Crippen molar-refractivity contribution in [1.29, 1.82) is 5.26 Å². The van der Waals surface area contributed by atoms with Crippen LogP contribution < -0.4 is 10.5 Å². The summed E-state index contributed by atoms with van der Waals surface area (Å²) in [5.74, 6) is -0.634. The summed E-state index contributed by atoms with van der Waals surface area (Å²) in [6.07, 6.45) is 3.28. The topological polar surface area (TPSA) is 131 Å². The molecule has 0 aliphatic heterocycles. The highest BCUT2D eigenvalue weighted by Gasteiger charge is 2.15. The largest absolute Gasteiger partial charge is 0.321 e. The number of carbonyl (C=O) groups is 1. The van der Waals surface area contributed by atoms with Gasteiger partial charge < -0.3 is 5.32 Å². The van der Waals surface area contributed by atoms with Crippen LogP contribution in [0, 0.1) is 11.3 Å². The number of nitrogens with two attached hydrogens (primary N) is 1. The number of carbonyl (C=O) groups excluding carboxylic acids is 1. The van der Waals surface area contributed by atoms with E-state index >= 15 is 0 Å². The Bertz CT molecular complexity index is 1520. The Labute approximate surface area is 203 Å². The first-order valence-electron chi connectivity index (χ1n) is 10.6. The Morgan fingerprint density at radius 2 is 1.63 bits per heavy atom. The minimum absolute atomic E-state index is 0.0788. The van der Waals surface area contributed by atoms with Crippen LogP contribution in [-0.2, 0) is 21.4 Å². The maximum absolute atomic E-state index is 12.8. The number of nitrogens with zero attached hydrogens (tertiary/aromatic N) is 3. The van der Waals surface area contributed by atoms with Crippen molar-refractivity contribution in [1.82, 2.24) is 9.78 Å². The molecule has 35 heavy (non-hydrogen) atoms. The molecule has 1 heterocycles. The van der Waals surface area contributed by atoms with Gasteiger partial charge in [-0.1, -0.05) is 60.7 Å². The molecule has 0 unspecified atom stereocenters. The van der Waals surface area contributed by atoms with Crippen LogP contribution in [0.3, 0.4) is 0 Å². The van der Waals surface area contributed by atoms with Crippen molar-refractivity contribution in [3.8, 4) is 17.3 Å². The summed E-state index contributed by atoms with van der Waals surface area (Å²) in [7, 11) is -3.85. The van der Waals surface area contributed by atoms with Gasteiger partial charge in [-0.2, -0.15) is 10.4 Å². The second-order valence-corrected chi connectivity index (χ2v) is 9.24. The normalized spacial score (nSPS) is 11.6. The van der Waals surface area contributed by atoms with Crippen LogP contribution in [0.5, 0.6) is 0 Å². The Morgan fingerprint density at radius 3 is 2.23 bits per heavy atom. The first kappa shape index (κ1) is 23.6. The molecule has 8 nitrogen and oxygen atoms in total. The number of primary sulfonamides is 1. The van der Waals surface area contributed by atoms with E-state index in [0.717, 1.165) is 11.1 Å². The molecule has 0 aliphatic carbocycles. The van der Waals surface area contributed by atoms with Crippen LogP contribution in [-0.4, -0.2) is 24.1 Å².